The minimum absolute atomic E-state index is 0.132. The van der Waals surface area contributed by atoms with Crippen LogP contribution in [0.15, 0.2) is 29.1 Å². The van der Waals surface area contributed by atoms with Gasteiger partial charge in [-0.05, 0) is 45.2 Å². The van der Waals surface area contributed by atoms with Crippen molar-refractivity contribution in [2.45, 2.75) is 51.7 Å². The Labute approximate surface area is 174 Å². The first-order valence-corrected chi connectivity index (χ1v) is 10.2. The minimum Gasteiger partial charge on any atom is -0.445 e. The number of hydrogen-bond donors (Lipinski definition) is 2. The highest BCUT2D eigenvalue weighted by atomic mass is 16.6. The first-order valence-electron chi connectivity index (χ1n) is 10.2. The van der Waals surface area contributed by atoms with Gasteiger partial charge in [0, 0.05) is 37.3 Å². The molecule has 2 aromatic rings. The number of benzene rings is 1. The summed E-state index contributed by atoms with van der Waals surface area (Å²) in [6.07, 6.45) is 1.99. The predicted molar refractivity (Wildman–Crippen MR) is 112 cm³/mol. The maximum atomic E-state index is 13.1. The molecule has 30 heavy (non-hydrogen) atoms. The summed E-state index contributed by atoms with van der Waals surface area (Å²) in [6.45, 7) is 6.62. The largest absolute Gasteiger partial charge is 0.445 e. The molecule has 1 fully saturated rings. The average molecular weight is 410 g/mol. The van der Waals surface area contributed by atoms with Crippen molar-refractivity contribution in [2.24, 2.45) is 0 Å². The molecule has 2 atom stereocenters. The predicted octanol–water partition coefficient (Wildman–Crippen LogP) is 1.64. The van der Waals surface area contributed by atoms with Crippen LogP contribution >= 0.6 is 0 Å². The smallest absolute Gasteiger partial charge is 0.339 e. The second-order valence-corrected chi connectivity index (χ2v) is 8.43. The van der Waals surface area contributed by atoms with E-state index in [2.05, 4.69) is 15.3 Å². The van der Waals surface area contributed by atoms with Gasteiger partial charge in [0.2, 0.25) is 5.95 Å². The summed E-state index contributed by atoms with van der Waals surface area (Å²) in [7, 11) is 0. The molecular formula is C22H26N4O4. The van der Waals surface area contributed by atoms with Crippen LogP contribution in [0.25, 0.3) is 0 Å². The van der Waals surface area contributed by atoms with E-state index in [1.165, 1.54) is 6.07 Å². The molecule has 2 unspecified atom stereocenters. The number of esters is 1. The maximum absolute atomic E-state index is 13.1. The number of H-pyrrole nitrogens is 1. The molecule has 0 saturated carbocycles. The Balaban J connectivity index is 1.47. The fourth-order valence-corrected chi connectivity index (χ4v) is 4.16. The molecule has 0 spiro atoms. The lowest BCUT2D eigenvalue weighted by Crippen LogP contribution is -2.57. The van der Waals surface area contributed by atoms with Gasteiger partial charge in [-0.15, -0.1) is 0 Å². The summed E-state index contributed by atoms with van der Waals surface area (Å²) in [5.41, 5.74) is 1.52. The van der Waals surface area contributed by atoms with Crippen molar-refractivity contribution in [1.82, 2.24) is 15.3 Å². The van der Waals surface area contributed by atoms with E-state index in [4.69, 9.17) is 4.74 Å². The van der Waals surface area contributed by atoms with E-state index in [1.807, 2.05) is 24.0 Å². The summed E-state index contributed by atoms with van der Waals surface area (Å²) in [5.74, 6) is -0.262. The lowest BCUT2D eigenvalue weighted by atomic mass is 9.88. The third-order valence-electron chi connectivity index (χ3n) is 5.72. The Bertz CT molecular complexity index is 1060. The first-order chi connectivity index (χ1) is 14.2. The number of ether oxygens (including phenoxy) is 1. The zero-order valence-electron chi connectivity index (χ0n) is 17.4. The minimum atomic E-state index is -1.25. The molecule has 0 bridgehead atoms. The van der Waals surface area contributed by atoms with E-state index in [1.54, 1.807) is 19.9 Å². The zero-order chi connectivity index (χ0) is 21.5. The number of anilines is 1. The normalized spacial score (nSPS) is 23.5. The highest BCUT2D eigenvalue weighted by molar-refractivity contribution is 5.97. The van der Waals surface area contributed by atoms with Crippen LogP contribution in [-0.4, -0.2) is 46.6 Å². The van der Waals surface area contributed by atoms with E-state index in [9.17, 15) is 14.4 Å². The van der Waals surface area contributed by atoms with Crippen molar-refractivity contribution >= 4 is 17.8 Å². The van der Waals surface area contributed by atoms with Gasteiger partial charge in [-0.25, -0.2) is 9.78 Å². The molecule has 2 N–H and O–H groups in total. The highest BCUT2D eigenvalue weighted by Crippen LogP contribution is 2.29. The van der Waals surface area contributed by atoms with Crippen molar-refractivity contribution < 1.29 is 14.3 Å². The number of nitrogens with one attached hydrogen (secondary N) is 2. The summed E-state index contributed by atoms with van der Waals surface area (Å²) < 4.78 is 5.58. The number of cyclic esters (lactones) is 1. The van der Waals surface area contributed by atoms with Gasteiger partial charge in [0.25, 0.3) is 11.5 Å². The van der Waals surface area contributed by atoms with Crippen LogP contribution in [0.2, 0.25) is 0 Å². The third-order valence-corrected chi connectivity index (χ3v) is 5.72. The van der Waals surface area contributed by atoms with Gasteiger partial charge in [-0.3, -0.25) is 14.6 Å². The summed E-state index contributed by atoms with van der Waals surface area (Å²) in [5, 5.41) is 3.04. The summed E-state index contributed by atoms with van der Waals surface area (Å²) >= 11 is 0. The number of carbonyl (C=O) groups is 2. The van der Waals surface area contributed by atoms with Crippen molar-refractivity contribution in [3.8, 4) is 0 Å². The van der Waals surface area contributed by atoms with Gasteiger partial charge < -0.3 is 15.0 Å². The Morgan fingerprint density at radius 3 is 2.87 bits per heavy atom. The number of nitrogens with zero attached hydrogens (tertiary/aromatic N) is 2. The molecule has 8 nitrogen and oxygen atoms in total. The number of amides is 1. The number of rotatable bonds is 3. The Kier molecular flexibility index (Phi) is 5.09. The highest BCUT2D eigenvalue weighted by Gasteiger charge is 2.43. The number of aryl methyl sites for hydroxylation is 2. The Morgan fingerprint density at radius 2 is 2.10 bits per heavy atom. The number of aromatic nitrogens is 2. The zero-order valence-corrected chi connectivity index (χ0v) is 17.4. The lowest BCUT2D eigenvalue weighted by molar-refractivity contribution is -0.140. The second kappa shape index (κ2) is 7.59. The molecule has 1 amide bonds. The van der Waals surface area contributed by atoms with Gasteiger partial charge in [0.05, 0.1) is 5.56 Å². The summed E-state index contributed by atoms with van der Waals surface area (Å²) in [6, 6.07) is 6.93. The standard InChI is InChI=1S/C22H26N4O4/c1-13-6-7-15-11-22(3,30-19(28)17(15)9-13)20(29)24-16-5-4-8-26(12-16)21-23-14(2)10-18(27)25-21/h6-7,9-10,16H,4-5,8,11-12H2,1-3H3,(H,24,29)(H,23,25,27). The van der Waals surface area contributed by atoms with Crippen LogP contribution in [0.5, 0.6) is 0 Å². The molecule has 3 heterocycles. The molecule has 4 rings (SSSR count). The fraction of sp³-hybridized carbons (Fsp3) is 0.455. The number of aromatic amines is 1. The van der Waals surface area contributed by atoms with Crippen LogP contribution in [0.3, 0.4) is 0 Å². The van der Waals surface area contributed by atoms with E-state index in [0.717, 1.165) is 30.5 Å². The van der Waals surface area contributed by atoms with Crippen molar-refractivity contribution in [3.63, 3.8) is 0 Å². The quantitative estimate of drug-likeness (QED) is 0.746. The van der Waals surface area contributed by atoms with Gasteiger partial charge in [-0.1, -0.05) is 17.7 Å². The third kappa shape index (κ3) is 3.94. The van der Waals surface area contributed by atoms with Crippen molar-refractivity contribution in [2.75, 3.05) is 18.0 Å². The van der Waals surface area contributed by atoms with E-state index in [-0.39, 0.29) is 17.5 Å². The molecular weight excluding hydrogens is 384 g/mol. The maximum Gasteiger partial charge on any atom is 0.339 e. The van der Waals surface area contributed by atoms with Crippen molar-refractivity contribution in [3.05, 3.63) is 57.0 Å². The molecule has 1 aromatic heterocycles. The van der Waals surface area contributed by atoms with Crippen LogP contribution in [0.1, 0.15) is 46.9 Å². The average Bonchev–Trinajstić information content (AvgIpc) is 2.68. The molecule has 0 aliphatic carbocycles. The second-order valence-electron chi connectivity index (χ2n) is 8.43. The van der Waals surface area contributed by atoms with Crippen molar-refractivity contribution in [1.29, 1.82) is 0 Å². The molecule has 158 valence electrons. The number of hydrogen-bond acceptors (Lipinski definition) is 6. The van der Waals surface area contributed by atoms with Gasteiger partial charge >= 0.3 is 5.97 Å². The molecule has 8 heteroatoms. The Morgan fingerprint density at radius 1 is 1.30 bits per heavy atom. The monoisotopic (exact) mass is 410 g/mol. The molecule has 2 aliphatic rings. The molecule has 1 aromatic carbocycles. The topological polar surface area (TPSA) is 104 Å². The molecule has 1 saturated heterocycles. The molecule has 0 radical (unpaired) electrons. The number of piperidine rings is 1. The summed E-state index contributed by atoms with van der Waals surface area (Å²) in [4.78, 5) is 46.5. The van der Waals surface area contributed by atoms with Crippen LogP contribution < -0.4 is 15.8 Å². The van der Waals surface area contributed by atoms with Gasteiger partial charge in [-0.2, -0.15) is 0 Å². The van der Waals surface area contributed by atoms with E-state index >= 15 is 0 Å². The molecule has 2 aliphatic heterocycles. The van der Waals surface area contributed by atoms with E-state index in [0.29, 0.717) is 30.2 Å². The van der Waals surface area contributed by atoms with Crippen LogP contribution in [0.4, 0.5) is 5.95 Å². The number of fused-ring (bicyclic) bond motifs is 1. The van der Waals surface area contributed by atoms with Crippen LogP contribution in [0, 0.1) is 13.8 Å². The van der Waals surface area contributed by atoms with Crippen LogP contribution in [-0.2, 0) is 16.0 Å². The SMILES string of the molecule is Cc1ccc2c(c1)C(=O)OC(C)(C(=O)NC1CCCN(c3nc(C)cc(=O)[nH]3)C1)C2. The number of carbonyl (C=O) groups excluding carboxylic acids is 2. The fourth-order valence-electron chi connectivity index (χ4n) is 4.16. The van der Waals surface area contributed by atoms with E-state index < -0.39 is 11.6 Å². The first kappa shape index (κ1) is 20.1. The Hall–Kier alpha value is -3.16. The van der Waals surface area contributed by atoms with Gasteiger partial charge in [0.1, 0.15) is 0 Å². The van der Waals surface area contributed by atoms with Gasteiger partial charge in [0.15, 0.2) is 5.60 Å². The lowest BCUT2D eigenvalue weighted by Gasteiger charge is -2.37.